The van der Waals surface area contributed by atoms with Crippen LogP contribution >= 0.6 is 0 Å². The fourth-order valence-corrected chi connectivity index (χ4v) is 2.30. The van der Waals surface area contributed by atoms with Crippen molar-refractivity contribution in [1.29, 1.82) is 0 Å². The van der Waals surface area contributed by atoms with E-state index in [-0.39, 0.29) is 17.9 Å². The SMILES string of the molecule is CCCc1cnc(N[C@@H]2CC=CC[C@H]2C(N)=O)nc1. The Balaban J connectivity index is 2.02. The largest absolute Gasteiger partial charge is 0.369 e. The van der Waals surface area contributed by atoms with E-state index in [9.17, 15) is 4.79 Å². The summed E-state index contributed by atoms with van der Waals surface area (Å²) in [4.78, 5) is 20.0. The molecule has 0 aromatic carbocycles. The number of nitrogens with one attached hydrogen (secondary N) is 1. The smallest absolute Gasteiger partial charge is 0.222 e. The summed E-state index contributed by atoms with van der Waals surface area (Å²) in [5.41, 5.74) is 6.55. The highest BCUT2D eigenvalue weighted by Crippen LogP contribution is 2.21. The van der Waals surface area contributed by atoms with Crippen molar-refractivity contribution in [1.82, 2.24) is 9.97 Å². The Labute approximate surface area is 113 Å². The third kappa shape index (κ3) is 3.53. The molecule has 1 aliphatic rings. The van der Waals surface area contributed by atoms with E-state index < -0.39 is 0 Å². The number of anilines is 1. The van der Waals surface area contributed by atoms with E-state index in [2.05, 4.69) is 28.3 Å². The Bertz CT molecular complexity index is 455. The van der Waals surface area contributed by atoms with Gasteiger partial charge in [0.15, 0.2) is 0 Å². The molecule has 0 bridgehead atoms. The van der Waals surface area contributed by atoms with Gasteiger partial charge in [0.25, 0.3) is 0 Å². The van der Waals surface area contributed by atoms with Crippen molar-refractivity contribution in [2.24, 2.45) is 11.7 Å². The molecule has 0 saturated carbocycles. The standard InChI is InChI=1S/C14H20N4O/c1-2-5-10-8-16-14(17-9-10)18-12-7-4-3-6-11(12)13(15)19/h3-4,8-9,11-12H,2,5-7H2,1H3,(H2,15,19)(H,16,17,18)/t11-,12-/m1/s1. The molecule has 5 heteroatoms. The topological polar surface area (TPSA) is 80.9 Å². The van der Waals surface area contributed by atoms with Crippen LogP contribution in [0.4, 0.5) is 5.95 Å². The lowest BCUT2D eigenvalue weighted by atomic mass is 9.88. The van der Waals surface area contributed by atoms with Crippen LogP contribution in [0.2, 0.25) is 0 Å². The average molecular weight is 260 g/mol. The maximum Gasteiger partial charge on any atom is 0.222 e. The number of carbonyl (C=O) groups excluding carboxylic acids is 1. The second-order valence-electron chi connectivity index (χ2n) is 4.87. The minimum absolute atomic E-state index is 0.0143. The van der Waals surface area contributed by atoms with Crippen molar-refractivity contribution in [3.05, 3.63) is 30.1 Å². The molecule has 0 radical (unpaired) electrons. The van der Waals surface area contributed by atoms with Crippen LogP contribution in [-0.4, -0.2) is 21.9 Å². The Morgan fingerprint density at radius 1 is 1.37 bits per heavy atom. The van der Waals surface area contributed by atoms with Crippen molar-refractivity contribution < 1.29 is 4.79 Å². The zero-order chi connectivity index (χ0) is 13.7. The minimum atomic E-state index is -0.274. The zero-order valence-electron chi connectivity index (χ0n) is 11.2. The van der Waals surface area contributed by atoms with E-state index in [0.717, 1.165) is 24.8 Å². The van der Waals surface area contributed by atoms with Crippen molar-refractivity contribution in [2.75, 3.05) is 5.32 Å². The number of aromatic nitrogens is 2. The van der Waals surface area contributed by atoms with Gasteiger partial charge in [0.05, 0.1) is 5.92 Å². The highest BCUT2D eigenvalue weighted by atomic mass is 16.1. The van der Waals surface area contributed by atoms with E-state index in [1.165, 1.54) is 0 Å². The second kappa shape index (κ2) is 6.31. The van der Waals surface area contributed by atoms with E-state index in [0.29, 0.717) is 12.4 Å². The predicted molar refractivity (Wildman–Crippen MR) is 74.5 cm³/mol. The van der Waals surface area contributed by atoms with Crippen LogP contribution in [0.15, 0.2) is 24.5 Å². The fourth-order valence-electron chi connectivity index (χ4n) is 2.30. The van der Waals surface area contributed by atoms with E-state index >= 15 is 0 Å². The van der Waals surface area contributed by atoms with Crippen LogP contribution in [-0.2, 0) is 11.2 Å². The lowest BCUT2D eigenvalue weighted by Crippen LogP contribution is -2.39. The number of rotatable bonds is 5. The summed E-state index contributed by atoms with van der Waals surface area (Å²) in [6.45, 7) is 2.12. The number of nitrogens with two attached hydrogens (primary N) is 1. The molecule has 0 unspecified atom stereocenters. The summed E-state index contributed by atoms with van der Waals surface area (Å²) < 4.78 is 0. The molecular formula is C14H20N4O. The molecular weight excluding hydrogens is 240 g/mol. The van der Waals surface area contributed by atoms with Gasteiger partial charge in [0.2, 0.25) is 11.9 Å². The number of primary amides is 1. The molecule has 0 saturated heterocycles. The second-order valence-corrected chi connectivity index (χ2v) is 4.87. The van der Waals surface area contributed by atoms with Gasteiger partial charge >= 0.3 is 0 Å². The maximum absolute atomic E-state index is 11.4. The number of hydrogen-bond donors (Lipinski definition) is 2. The molecule has 102 valence electrons. The number of amides is 1. The molecule has 1 aliphatic carbocycles. The van der Waals surface area contributed by atoms with Crippen LogP contribution in [0.3, 0.4) is 0 Å². The van der Waals surface area contributed by atoms with Gasteiger partial charge in [-0.05, 0) is 24.8 Å². The number of hydrogen-bond acceptors (Lipinski definition) is 4. The average Bonchev–Trinajstić information content (AvgIpc) is 2.42. The zero-order valence-corrected chi connectivity index (χ0v) is 11.2. The Hall–Kier alpha value is -1.91. The molecule has 2 rings (SSSR count). The third-order valence-electron chi connectivity index (χ3n) is 3.36. The summed E-state index contributed by atoms with van der Waals surface area (Å²) in [7, 11) is 0. The molecule has 1 aromatic rings. The molecule has 19 heavy (non-hydrogen) atoms. The molecule has 2 atom stereocenters. The van der Waals surface area contributed by atoms with Crippen LogP contribution in [0.5, 0.6) is 0 Å². The molecule has 1 amide bonds. The quantitative estimate of drug-likeness (QED) is 0.789. The maximum atomic E-state index is 11.4. The van der Waals surface area contributed by atoms with E-state index in [4.69, 9.17) is 5.73 Å². The molecule has 0 aliphatic heterocycles. The Morgan fingerprint density at radius 2 is 2.05 bits per heavy atom. The van der Waals surface area contributed by atoms with Gasteiger partial charge in [-0.1, -0.05) is 25.5 Å². The van der Waals surface area contributed by atoms with Gasteiger partial charge in [0.1, 0.15) is 0 Å². The highest BCUT2D eigenvalue weighted by Gasteiger charge is 2.27. The van der Waals surface area contributed by atoms with Crippen molar-refractivity contribution in [2.45, 2.75) is 38.6 Å². The lowest BCUT2D eigenvalue weighted by Gasteiger charge is -2.26. The number of allylic oxidation sites excluding steroid dienone is 1. The fraction of sp³-hybridized carbons (Fsp3) is 0.500. The van der Waals surface area contributed by atoms with Gasteiger partial charge in [-0.2, -0.15) is 0 Å². The summed E-state index contributed by atoms with van der Waals surface area (Å²) in [5.74, 6) is 0.0970. The molecule has 1 aromatic heterocycles. The first-order chi connectivity index (χ1) is 9.20. The van der Waals surface area contributed by atoms with Crippen molar-refractivity contribution in [3.8, 4) is 0 Å². The predicted octanol–water partition coefficient (Wildman–Crippen LogP) is 1.66. The monoisotopic (exact) mass is 260 g/mol. The van der Waals surface area contributed by atoms with E-state index in [1.54, 1.807) is 0 Å². The first kappa shape index (κ1) is 13.5. The van der Waals surface area contributed by atoms with Crippen molar-refractivity contribution in [3.63, 3.8) is 0 Å². The van der Waals surface area contributed by atoms with Gasteiger partial charge in [0, 0.05) is 18.4 Å². The van der Waals surface area contributed by atoms with Crippen LogP contribution in [0.25, 0.3) is 0 Å². The summed E-state index contributed by atoms with van der Waals surface area (Å²) in [5, 5.41) is 3.21. The van der Waals surface area contributed by atoms with Crippen LogP contribution in [0.1, 0.15) is 31.7 Å². The van der Waals surface area contributed by atoms with Gasteiger partial charge in [-0.3, -0.25) is 4.79 Å². The first-order valence-corrected chi connectivity index (χ1v) is 6.72. The number of nitrogens with zero attached hydrogens (tertiary/aromatic N) is 2. The first-order valence-electron chi connectivity index (χ1n) is 6.72. The van der Waals surface area contributed by atoms with Gasteiger partial charge in [-0.25, -0.2) is 9.97 Å². The summed E-state index contributed by atoms with van der Waals surface area (Å²) in [6, 6.07) is -0.0143. The minimum Gasteiger partial charge on any atom is -0.369 e. The third-order valence-corrected chi connectivity index (χ3v) is 3.36. The Kier molecular flexibility index (Phi) is 4.49. The molecule has 1 heterocycles. The van der Waals surface area contributed by atoms with Crippen LogP contribution < -0.4 is 11.1 Å². The highest BCUT2D eigenvalue weighted by molar-refractivity contribution is 5.78. The van der Waals surface area contributed by atoms with Crippen LogP contribution in [0, 0.1) is 5.92 Å². The number of aryl methyl sites for hydroxylation is 1. The van der Waals surface area contributed by atoms with Crippen molar-refractivity contribution >= 4 is 11.9 Å². The Morgan fingerprint density at radius 3 is 2.68 bits per heavy atom. The molecule has 0 fully saturated rings. The summed E-state index contributed by atoms with van der Waals surface area (Å²) in [6.07, 6.45) is 11.2. The normalized spacial score (nSPS) is 22.2. The lowest BCUT2D eigenvalue weighted by molar-refractivity contribution is -0.122. The molecule has 5 nitrogen and oxygen atoms in total. The van der Waals surface area contributed by atoms with E-state index in [1.807, 2.05) is 18.5 Å². The molecule has 3 N–H and O–H groups in total. The number of carbonyl (C=O) groups is 1. The van der Waals surface area contributed by atoms with Gasteiger partial charge in [-0.15, -0.1) is 0 Å². The molecule has 0 spiro atoms. The summed E-state index contributed by atoms with van der Waals surface area (Å²) >= 11 is 0. The van der Waals surface area contributed by atoms with Gasteiger partial charge < -0.3 is 11.1 Å².